The number of nitrogens with zero attached hydrogens (tertiary/aromatic N) is 3. The molecule has 15 heavy (non-hydrogen) atoms. The van der Waals surface area contributed by atoms with Gasteiger partial charge in [-0.3, -0.25) is 4.90 Å². The van der Waals surface area contributed by atoms with Crippen LogP contribution >= 0.6 is 22.9 Å². The monoisotopic (exact) mass is 247 g/mol. The van der Waals surface area contributed by atoms with E-state index in [0.717, 1.165) is 31.1 Å². The average Bonchev–Trinajstić information content (AvgIpc) is 2.78. The van der Waals surface area contributed by atoms with E-state index in [4.69, 9.17) is 16.7 Å². The second-order valence-electron chi connectivity index (χ2n) is 3.85. The Balaban J connectivity index is 1.82. The molecule has 0 amide bonds. The lowest BCUT2D eigenvalue weighted by Gasteiger charge is -2.13. The number of likely N-dealkylation sites (tertiary alicyclic amines) is 1. The summed E-state index contributed by atoms with van der Waals surface area (Å²) in [6.45, 7) is 3.27. The highest BCUT2D eigenvalue weighted by atomic mass is 35.5. The molecule has 84 valence electrons. The van der Waals surface area contributed by atoms with Crippen LogP contribution in [0, 0.1) is 5.92 Å². The molecule has 0 aromatic carbocycles. The molecule has 0 saturated carbocycles. The number of halogens is 1. The van der Waals surface area contributed by atoms with Crippen LogP contribution in [0.3, 0.4) is 0 Å². The molecule has 0 aliphatic carbocycles. The Morgan fingerprint density at radius 2 is 2.40 bits per heavy atom. The molecule has 1 N–H and O–H groups in total. The molecule has 0 radical (unpaired) electrons. The highest BCUT2D eigenvalue weighted by Gasteiger charge is 2.22. The maximum absolute atomic E-state index is 8.85. The highest BCUT2D eigenvalue weighted by molar-refractivity contribution is 7.15. The lowest BCUT2D eigenvalue weighted by molar-refractivity contribution is 0.249. The number of aliphatic hydroxyl groups is 1. The van der Waals surface area contributed by atoms with Crippen LogP contribution in [-0.4, -0.2) is 39.9 Å². The van der Waals surface area contributed by atoms with E-state index in [9.17, 15) is 0 Å². The van der Waals surface area contributed by atoms with E-state index in [1.807, 2.05) is 0 Å². The van der Waals surface area contributed by atoms with E-state index in [2.05, 4.69) is 15.1 Å². The summed E-state index contributed by atoms with van der Waals surface area (Å²) in [5, 5.41) is 17.6. The lowest BCUT2D eigenvalue weighted by atomic mass is 10.1. The Kier molecular flexibility index (Phi) is 3.91. The Bertz CT molecular complexity index is 320. The van der Waals surface area contributed by atoms with E-state index in [1.165, 1.54) is 17.8 Å². The van der Waals surface area contributed by atoms with Crippen molar-refractivity contribution in [3.63, 3.8) is 0 Å². The maximum Gasteiger partial charge on any atom is 0.207 e. The first-order chi connectivity index (χ1) is 7.28. The normalized spacial score (nSPS) is 22.4. The Morgan fingerprint density at radius 1 is 1.53 bits per heavy atom. The van der Waals surface area contributed by atoms with Gasteiger partial charge in [0, 0.05) is 13.2 Å². The Hall–Kier alpha value is -0.230. The van der Waals surface area contributed by atoms with Crippen LogP contribution in [0.4, 0.5) is 0 Å². The third-order valence-electron chi connectivity index (χ3n) is 2.71. The van der Waals surface area contributed by atoms with Crippen molar-refractivity contribution < 1.29 is 5.11 Å². The summed E-state index contributed by atoms with van der Waals surface area (Å²) < 4.78 is 0.510. The average molecular weight is 248 g/mol. The van der Waals surface area contributed by atoms with Crippen molar-refractivity contribution in [3.8, 4) is 0 Å². The van der Waals surface area contributed by atoms with E-state index in [1.54, 1.807) is 0 Å². The van der Waals surface area contributed by atoms with Gasteiger partial charge in [-0.25, -0.2) is 0 Å². The second-order valence-corrected chi connectivity index (χ2v) is 5.50. The number of aliphatic hydroxyl groups excluding tert-OH is 1. The predicted octanol–water partition coefficient (Wildman–Crippen LogP) is 1.40. The molecule has 2 heterocycles. The molecule has 0 spiro atoms. The number of hydrogen-bond donors (Lipinski definition) is 1. The second kappa shape index (κ2) is 5.21. The molecule has 1 aliphatic heterocycles. The number of aromatic nitrogens is 2. The van der Waals surface area contributed by atoms with Gasteiger partial charge >= 0.3 is 0 Å². The molecule has 0 bridgehead atoms. The smallest absolute Gasteiger partial charge is 0.207 e. The van der Waals surface area contributed by atoms with Crippen molar-refractivity contribution in [2.45, 2.75) is 19.4 Å². The van der Waals surface area contributed by atoms with E-state index < -0.39 is 0 Å². The summed E-state index contributed by atoms with van der Waals surface area (Å²) in [6, 6.07) is 0. The van der Waals surface area contributed by atoms with Gasteiger partial charge in [-0.2, -0.15) is 0 Å². The molecular weight excluding hydrogens is 234 g/mol. The van der Waals surface area contributed by atoms with Crippen LogP contribution in [0.5, 0.6) is 0 Å². The molecule has 1 aromatic heterocycles. The van der Waals surface area contributed by atoms with Crippen LogP contribution in [0.15, 0.2) is 0 Å². The first-order valence-electron chi connectivity index (χ1n) is 5.09. The van der Waals surface area contributed by atoms with E-state index >= 15 is 0 Å². The van der Waals surface area contributed by atoms with Crippen LogP contribution < -0.4 is 0 Å². The zero-order valence-corrected chi connectivity index (χ0v) is 9.97. The van der Waals surface area contributed by atoms with Crippen molar-refractivity contribution in [1.29, 1.82) is 0 Å². The van der Waals surface area contributed by atoms with Crippen LogP contribution in [-0.2, 0) is 6.54 Å². The Morgan fingerprint density at radius 3 is 3.07 bits per heavy atom. The predicted molar refractivity (Wildman–Crippen MR) is 60.0 cm³/mol. The summed E-state index contributed by atoms with van der Waals surface area (Å²) in [6.07, 6.45) is 2.08. The summed E-state index contributed by atoms with van der Waals surface area (Å²) in [4.78, 5) is 2.34. The minimum absolute atomic E-state index is 0.295. The highest BCUT2D eigenvalue weighted by Crippen LogP contribution is 2.23. The van der Waals surface area contributed by atoms with Crippen LogP contribution in [0.2, 0.25) is 4.47 Å². The van der Waals surface area contributed by atoms with Gasteiger partial charge in [0.1, 0.15) is 5.01 Å². The fourth-order valence-electron chi connectivity index (χ4n) is 1.96. The Labute approximate surface area is 97.9 Å². The topological polar surface area (TPSA) is 49.2 Å². The third kappa shape index (κ3) is 3.11. The van der Waals surface area contributed by atoms with Crippen molar-refractivity contribution in [2.75, 3.05) is 19.7 Å². The zero-order chi connectivity index (χ0) is 10.7. The third-order valence-corrected chi connectivity index (χ3v) is 3.71. The van der Waals surface area contributed by atoms with Gasteiger partial charge in [0.05, 0.1) is 6.54 Å². The minimum Gasteiger partial charge on any atom is -0.396 e. The summed E-state index contributed by atoms with van der Waals surface area (Å²) in [7, 11) is 0. The van der Waals surface area contributed by atoms with Gasteiger partial charge in [0.2, 0.25) is 4.47 Å². The summed E-state index contributed by atoms with van der Waals surface area (Å²) in [5.41, 5.74) is 0. The quantitative estimate of drug-likeness (QED) is 0.874. The van der Waals surface area contributed by atoms with Crippen molar-refractivity contribution in [1.82, 2.24) is 15.1 Å². The molecule has 1 aliphatic rings. The fourth-order valence-corrected chi connectivity index (χ4v) is 2.87. The first kappa shape index (κ1) is 11.3. The molecule has 1 aromatic rings. The van der Waals surface area contributed by atoms with Gasteiger partial charge in [-0.15, -0.1) is 10.2 Å². The molecular formula is C9H14ClN3OS. The molecule has 2 rings (SSSR count). The molecule has 4 nitrogen and oxygen atoms in total. The largest absolute Gasteiger partial charge is 0.396 e. The lowest BCUT2D eigenvalue weighted by Crippen LogP contribution is -2.20. The maximum atomic E-state index is 8.85. The van der Waals surface area contributed by atoms with Gasteiger partial charge in [-0.1, -0.05) is 11.3 Å². The zero-order valence-electron chi connectivity index (χ0n) is 8.40. The summed E-state index contributed by atoms with van der Waals surface area (Å²) in [5.74, 6) is 0.637. The molecule has 1 unspecified atom stereocenters. The minimum atomic E-state index is 0.295. The van der Waals surface area contributed by atoms with Crippen molar-refractivity contribution >= 4 is 22.9 Å². The number of rotatable bonds is 4. The van der Waals surface area contributed by atoms with Gasteiger partial charge in [-0.05, 0) is 36.9 Å². The molecule has 1 fully saturated rings. The van der Waals surface area contributed by atoms with Gasteiger partial charge in [0.25, 0.3) is 0 Å². The van der Waals surface area contributed by atoms with Gasteiger partial charge in [0.15, 0.2) is 0 Å². The fraction of sp³-hybridized carbons (Fsp3) is 0.778. The molecule has 6 heteroatoms. The number of hydrogen-bond acceptors (Lipinski definition) is 5. The molecule has 1 saturated heterocycles. The van der Waals surface area contributed by atoms with E-state index in [-0.39, 0.29) is 0 Å². The van der Waals surface area contributed by atoms with Gasteiger partial charge < -0.3 is 5.11 Å². The standard InChI is InChI=1S/C9H14ClN3OS/c10-9-12-11-8(15-9)6-13-3-1-7(5-13)2-4-14/h7,14H,1-6H2. The first-order valence-corrected chi connectivity index (χ1v) is 6.28. The summed E-state index contributed by atoms with van der Waals surface area (Å²) >= 11 is 7.16. The van der Waals surface area contributed by atoms with Crippen molar-refractivity contribution in [2.24, 2.45) is 5.92 Å². The SMILES string of the molecule is OCCC1CCN(Cc2nnc(Cl)s2)C1. The van der Waals surface area contributed by atoms with E-state index in [0.29, 0.717) is 17.0 Å². The van der Waals surface area contributed by atoms with Crippen molar-refractivity contribution in [3.05, 3.63) is 9.47 Å². The molecule has 1 atom stereocenters. The van der Waals surface area contributed by atoms with Crippen LogP contribution in [0.25, 0.3) is 0 Å². The van der Waals surface area contributed by atoms with Crippen LogP contribution in [0.1, 0.15) is 17.8 Å².